The molecule has 1 N–H and O–H groups in total. The Bertz CT molecular complexity index is 547. The Morgan fingerprint density at radius 1 is 1.32 bits per heavy atom. The van der Waals surface area contributed by atoms with Crippen molar-refractivity contribution in [2.24, 2.45) is 0 Å². The topological polar surface area (TPSA) is 24.9 Å². The van der Waals surface area contributed by atoms with Crippen LogP contribution in [0.1, 0.15) is 30.7 Å². The number of nitrogens with one attached hydrogen (secondary N) is 1. The summed E-state index contributed by atoms with van der Waals surface area (Å²) in [4.78, 5) is 5.82. The molecule has 2 nitrogen and oxygen atoms in total. The number of rotatable bonds is 5. The predicted molar refractivity (Wildman–Crippen MR) is 84.1 cm³/mol. The van der Waals surface area contributed by atoms with Gasteiger partial charge in [0.1, 0.15) is 0 Å². The summed E-state index contributed by atoms with van der Waals surface area (Å²) < 4.78 is 1.12. The van der Waals surface area contributed by atoms with E-state index in [-0.39, 0.29) is 0 Å². The van der Waals surface area contributed by atoms with Crippen molar-refractivity contribution in [2.45, 2.75) is 49.5 Å². The highest BCUT2D eigenvalue weighted by atomic mass is 32.2. The van der Waals surface area contributed by atoms with Crippen molar-refractivity contribution < 1.29 is 0 Å². The van der Waals surface area contributed by atoms with Gasteiger partial charge >= 0.3 is 0 Å². The van der Waals surface area contributed by atoms with Crippen LogP contribution in [-0.4, -0.2) is 11.0 Å². The maximum atomic E-state index is 4.53. The fourth-order valence-corrected chi connectivity index (χ4v) is 3.64. The molecule has 4 heteroatoms. The molecule has 0 unspecified atom stereocenters. The molecule has 0 aliphatic heterocycles. The van der Waals surface area contributed by atoms with Crippen molar-refractivity contribution in [1.82, 2.24) is 10.3 Å². The van der Waals surface area contributed by atoms with E-state index >= 15 is 0 Å². The van der Waals surface area contributed by atoms with Crippen molar-refractivity contribution in [2.75, 3.05) is 0 Å². The molecular weight excluding hydrogens is 272 g/mol. The van der Waals surface area contributed by atoms with Gasteiger partial charge in [-0.25, -0.2) is 4.98 Å². The Balaban J connectivity index is 2.18. The minimum Gasteiger partial charge on any atom is -0.310 e. The van der Waals surface area contributed by atoms with E-state index in [0.717, 1.165) is 16.6 Å². The van der Waals surface area contributed by atoms with Crippen LogP contribution in [0.5, 0.6) is 0 Å². The number of aromatic nitrogens is 1. The van der Waals surface area contributed by atoms with E-state index in [1.807, 2.05) is 6.92 Å². The highest BCUT2D eigenvalue weighted by Gasteiger charge is 2.08. The van der Waals surface area contributed by atoms with E-state index in [4.69, 9.17) is 0 Å². The molecule has 2 aromatic rings. The molecule has 0 aliphatic rings. The monoisotopic (exact) mass is 292 g/mol. The summed E-state index contributed by atoms with van der Waals surface area (Å²) in [6.45, 7) is 9.43. The zero-order valence-electron chi connectivity index (χ0n) is 11.9. The Morgan fingerprint density at radius 2 is 2.11 bits per heavy atom. The van der Waals surface area contributed by atoms with Crippen molar-refractivity contribution >= 4 is 23.1 Å². The van der Waals surface area contributed by atoms with E-state index in [0.29, 0.717) is 6.04 Å². The van der Waals surface area contributed by atoms with Crippen molar-refractivity contribution in [3.8, 4) is 0 Å². The molecule has 19 heavy (non-hydrogen) atoms. The average molecular weight is 292 g/mol. The molecule has 0 saturated heterocycles. The zero-order chi connectivity index (χ0) is 13.8. The van der Waals surface area contributed by atoms with Gasteiger partial charge < -0.3 is 5.32 Å². The summed E-state index contributed by atoms with van der Waals surface area (Å²) in [5.74, 6) is 0. The normalized spacial score (nSPS) is 11.2. The highest BCUT2D eigenvalue weighted by Crippen LogP contribution is 2.33. The largest absolute Gasteiger partial charge is 0.310 e. The quantitative estimate of drug-likeness (QED) is 0.883. The van der Waals surface area contributed by atoms with Gasteiger partial charge in [0.15, 0.2) is 4.34 Å². The third-order valence-corrected chi connectivity index (χ3v) is 4.89. The second kappa shape index (κ2) is 6.55. The lowest BCUT2D eigenvalue weighted by Crippen LogP contribution is -2.22. The molecule has 1 aromatic heterocycles. The average Bonchev–Trinajstić information content (AvgIpc) is 2.75. The van der Waals surface area contributed by atoms with Gasteiger partial charge in [-0.05, 0) is 25.5 Å². The molecule has 0 aliphatic carbocycles. The van der Waals surface area contributed by atoms with Gasteiger partial charge in [-0.1, -0.05) is 43.3 Å². The maximum Gasteiger partial charge on any atom is 0.154 e. The Labute approximate surface area is 123 Å². The van der Waals surface area contributed by atoms with Gasteiger partial charge in [-0.15, -0.1) is 11.3 Å². The Morgan fingerprint density at radius 3 is 2.74 bits per heavy atom. The molecule has 0 radical (unpaired) electrons. The predicted octanol–water partition coefficient (Wildman–Crippen LogP) is 4.41. The molecule has 1 aromatic carbocycles. The van der Waals surface area contributed by atoms with Crippen LogP contribution in [0, 0.1) is 13.8 Å². The molecule has 0 bridgehead atoms. The lowest BCUT2D eigenvalue weighted by atomic mass is 10.1. The summed E-state index contributed by atoms with van der Waals surface area (Å²) in [5, 5.41) is 5.59. The van der Waals surface area contributed by atoms with Crippen LogP contribution in [0.2, 0.25) is 0 Å². The van der Waals surface area contributed by atoms with Gasteiger partial charge in [-0.2, -0.15) is 0 Å². The third-order valence-electron chi connectivity index (χ3n) is 2.71. The first-order chi connectivity index (χ1) is 9.04. The molecule has 0 fully saturated rings. The first kappa shape index (κ1) is 14.6. The zero-order valence-corrected chi connectivity index (χ0v) is 13.5. The summed E-state index contributed by atoms with van der Waals surface area (Å²) >= 11 is 3.48. The van der Waals surface area contributed by atoms with E-state index in [9.17, 15) is 0 Å². The third kappa shape index (κ3) is 4.34. The van der Waals surface area contributed by atoms with Crippen LogP contribution < -0.4 is 5.32 Å². The van der Waals surface area contributed by atoms with Crippen LogP contribution in [-0.2, 0) is 6.54 Å². The number of hydrogen-bond donors (Lipinski definition) is 1. The highest BCUT2D eigenvalue weighted by molar-refractivity contribution is 8.01. The lowest BCUT2D eigenvalue weighted by Gasteiger charge is -2.12. The van der Waals surface area contributed by atoms with E-state index < -0.39 is 0 Å². The molecule has 0 spiro atoms. The fourth-order valence-electron chi connectivity index (χ4n) is 1.73. The molecule has 0 saturated carbocycles. The minimum absolute atomic E-state index is 0.500. The van der Waals surface area contributed by atoms with Crippen LogP contribution in [0.15, 0.2) is 32.8 Å². The second-order valence-electron chi connectivity index (χ2n) is 5.00. The summed E-state index contributed by atoms with van der Waals surface area (Å²) in [6.07, 6.45) is 0. The Hall–Kier alpha value is -0.840. The second-order valence-corrected chi connectivity index (χ2v) is 7.15. The molecule has 102 valence electrons. The molecule has 0 amide bonds. The number of hydrogen-bond acceptors (Lipinski definition) is 4. The SMILES string of the molecule is Cc1ccc(Sc2nc(C)cs2)c(CNC(C)C)c1. The molecule has 0 atom stereocenters. The van der Waals surface area contributed by atoms with Crippen LogP contribution in [0.25, 0.3) is 0 Å². The molecule has 2 rings (SSSR count). The van der Waals surface area contributed by atoms with Crippen LogP contribution in [0.4, 0.5) is 0 Å². The first-order valence-electron chi connectivity index (χ1n) is 6.47. The Kier molecular flexibility index (Phi) is 5.02. The van der Waals surface area contributed by atoms with Gasteiger partial charge in [0.25, 0.3) is 0 Å². The molecular formula is C15H20N2S2. The van der Waals surface area contributed by atoms with E-state index in [1.54, 1.807) is 23.1 Å². The summed E-state index contributed by atoms with van der Waals surface area (Å²) in [6, 6.07) is 7.13. The number of aryl methyl sites for hydroxylation is 2. The van der Waals surface area contributed by atoms with Crippen molar-refractivity contribution in [3.63, 3.8) is 0 Å². The molecule has 1 heterocycles. The maximum absolute atomic E-state index is 4.53. The van der Waals surface area contributed by atoms with Gasteiger partial charge in [0.2, 0.25) is 0 Å². The van der Waals surface area contributed by atoms with Gasteiger partial charge in [0, 0.05) is 28.6 Å². The van der Waals surface area contributed by atoms with E-state index in [2.05, 4.69) is 54.7 Å². The lowest BCUT2D eigenvalue weighted by molar-refractivity contribution is 0.584. The van der Waals surface area contributed by atoms with Crippen LogP contribution in [0.3, 0.4) is 0 Å². The number of benzene rings is 1. The smallest absolute Gasteiger partial charge is 0.154 e. The summed E-state index contributed by atoms with van der Waals surface area (Å²) in [5.41, 5.74) is 3.76. The van der Waals surface area contributed by atoms with Crippen molar-refractivity contribution in [1.29, 1.82) is 0 Å². The number of thiazole rings is 1. The fraction of sp³-hybridized carbons (Fsp3) is 0.400. The van der Waals surface area contributed by atoms with Gasteiger partial charge in [0.05, 0.1) is 0 Å². The van der Waals surface area contributed by atoms with Crippen molar-refractivity contribution in [3.05, 3.63) is 40.4 Å². The standard InChI is InChI=1S/C15H20N2S2/c1-10(2)16-8-13-7-11(3)5-6-14(13)19-15-17-12(4)9-18-15/h5-7,9-10,16H,8H2,1-4H3. The van der Waals surface area contributed by atoms with E-state index in [1.165, 1.54) is 16.0 Å². The van der Waals surface area contributed by atoms with Gasteiger partial charge in [-0.3, -0.25) is 0 Å². The summed E-state index contributed by atoms with van der Waals surface area (Å²) in [7, 11) is 0. The van der Waals surface area contributed by atoms with Crippen LogP contribution >= 0.6 is 23.1 Å². The first-order valence-corrected chi connectivity index (χ1v) is 8.17. The number of nitrogens with zero attached hydrogens (tertiary/aromatic N) is 1. The minimum atomic E-state index is 0.500.